The lowest BCUT2D eigenvalue weighted by Gasteiger charge is -2.07. The highest BCUT2D eigenvalue weighted by Gasteiger charge is 1.98. The average molecular weight is 260 g/mol. The molecule has 0 unspecified atom stereocenters. The lowest BCUT2D eigenvalue weighted by atomic mass is 10.0. The predicted octanol–water partition coefficient (Wildman–Crippen LogP) is 4.36. The van der Waals surface area contributed by atoms with Crippen LogP contribution >= 0.6 is 0 Å². The molecule has 0 amide bonds. The number of rotatable bonds is 4. The van der Waals surface area contributed by atoms with Crippen molar-refractivity contribution in [1.29, 1.82) is 0 Å². The molecule has 0 bridgehead atoms. The fourth-order valence-corrected chi connectivity index (χ4v) is 2.11. The number of aromatic nitrogens is 1. The van der Waals surface area contributed by atoms with Crippen molar-refractivity contribution in [2.75, 3.05) is 5.32 Å². The number of pyridine rings is 1. The first kappa shape index (κ1) is 12.4. The van der Waals surface area contributed by atoms with Gasteiger partial charge in [-0.25, -0.2) is 4.98 Å². The molecule has 3 aromatic rings. The molecule has 2 heteroatoms. The van der Waals surface area contributed by atoms with Crippen LogP contribution in [0.4, 0.5) is 5.82 Å². The number of hydrogen-bond donors (Lipinski definition) is 1. The summed E-state index contributed by atoms with van der Waals surface area (Å²) in [5.41, 5.74) is 3.74. The molecule has 3 rings (SSSR count). The van der Waals surface area contributed by atoms with Crippen LogP contribution in [0, 0.1) is 0 Å². The Morgan fingerprint density at radius 2 is 1.40 bits per heavy atom. The van der Waals surface area contributed by atoms with Crippen LogP contribution in [0.5, 0.6) is 0 Å². The largest absolute Gasteiger partial charge is 0.366 e. The maximum atomic E-state index is 4.25. The zero-order chi connectivity index (χ0) is 13.6. The highest BCUT2D eigenvalue weighted by molar-refractivity contribution is 5.63. The van der Waals surface area contributed by atoms with Crippen molar-refractivity contribution in [2.24, 2.45) is 0 Å². The van der Waals surface area contributed by atoms with Crippen molar-refractivity contribution in [1.82, 2.24) is 4.98 Å². The summed E-state index contributed by atoms with van der Waals surface area (Å²) < 4.78 is 0. The fourth-order valence-electron chi connectivity index (χ4n) is 2.11. The van der Waals surface area contributed by atoms with Gasteiger partial charge in [-0.2, -0.15) is 0 Å². The van der Waals surface area contributed by atoms with Gasteiger partial charge in [0.05, 0.1) is 0 Å². The average Bonchev–Trinajstić information content (AvgIpc) is 2.55. The van der Waals surface area contributed by atoms with E-state index in [-0.39, 0.29) is 0 Å². The van der Waals surface area contributed by atoms with E-state index in [0.717, 1.165) is 12.4 Å². The summed E-state index contributed by atoms with van der Waals surface area (Å²) in [6.45, 7) is 0.784. The molecule has 0 aliphatic carbocycles. The van der Waals surface area contributed by atoms with Crippen LogP contribution < -0.4 is 5.32 Å². The minimum atomic E-state index is 0.784. The molecule has 0 aliphatic rings. The highest BCUT2D eigenvalue weighted by atomic mass is 15.0. The van der Waals surface area contributed by atoms with E-state index in [4.69, 9.17) is 0 Å². The highest BCUT2D eigenvalue weighted by Crippen LogP contribution is 2.19. The van der Waals surface area contributed by atoms with Gasteiger partial charge in [0.25, 0.3) is 0 Å². The summed E-state index contributed by atoms with van der Waals surface area (Å²) in [4.78, 5) is 4.25. The third kappa shape index (κ3) is 3.04. The van der Waals surface area contributed by atoms with Crippen LogP contribution in [0.3, 0.4) is 0 Å². The molecule has 0 fully saturated rings. The molecule has 1 N–H and O–H groups in total. The van der Waals surface area contributed by atoms with E-state index in [0.29, 0.717) is 0 Å². The fraction of sp³-hybridized carbons (Fsp3) is 0.0556. The second-order valence-corrected chi connectivity index (χ2v) is 4.63. The van der Waals surface area contributed by atoms with Gasteiger partial charge in [-0.3, -0.25) is 0 Å². The van der Waals surface area contributed by atoms with E-state index in [1.165, 1.54) is 16.7 Å². The van der Waals surface area contributed by atoms with Gasteiger partial charge < -0.3 is 5.32 Å². The number of anilines is 1. The SMILES string of the molecule is c1ccc(-c2ccc(CNc3ccccn3)cc2)cc1. The van der Waals surface area contributed by atoms with Crippen LogP contribution in [0.15, 0.2) is 79.0 Å². The summed E-state index contributed by atoms with van der Waals surface area (Å²) in [5, 5.41) is 3.31. The normalized spacial score (nSPS) is 10.2. The van der Waals surface area contributed by atoms with Crippen LogP contribution in [0.2, 0.25) is 0 Å². The van der Waals surface area contributed by atoms with Crippen LogP contribution in [-0.4, -0.2) is 4.98 Å². The standard InChI is InChI=1S/C18H16N2/c1-2-6-16(7-3-1)17-11-9-15(10-12-17)14-20-18-8-4-5-13-19-18/h1-13H,14H2,(H,19,20). The zero-order valence-corrected chi connectivity index (χ0v) is 11.2. The molecular formula is C18H16N2. The minimum absolute atomic E-state index is 0.784. The first-order valence-electron chi connectivity index (χ1n) is 6.71. The molecule has 1 heterocycles. The molecule has 0 aliphatic heterocycles. The third-order valence-corrected chi connectivity index (χ3v) is 3.20. The first-order valence-corrected chi connectivity index (χ1v) is 6.71. The van der Waals surface area contributed by atoms with Gasteiger partial charge in [0.15, 0.2) is 0 Å². The molecule has 98 valence electrons. The first-order chi connectivity index (χ1) is 9.92. The Bertz CT molecular complexity index is 646. The number of nitrogens with zero attached hydrogens (tertiary/aromatic N) is 1. The number of benzene rings is 2. The Balaban J connectivity index is 1.68. The summed E-state index contributed by atoms with van der Waals surface area (Å²) in [7, 11) is 0. The van der Waals surface area contributed by atoms with Crippen molar-refractivity contribution in [3.05, 3.63) is 84.6 Å². The van der Waals surface area contributed by atoms with Gasteiger partial charge in [0, 0.05) is 12.7 Å². The lowest BCUT2D eigenvalue weighted by molar-refractivity contribution is 1.11. The van der Waals surface area contributed by atoms with E-state index >= 15 is 0 Å². The van der Waals surface area contributed by atoms with Crippen LogP contribution in [0.1, 0.15) is 5.56 Å². The Labute approximate surface area is 119 Å². The van der Waals surface area contributed by atoms with Crippen molar-refractivity contribution in [3.8, 4) is 11.1 Å². The van der Waals surface area contributed by atoms with Gasteiger partial charge >= 0.3 is 0 Å². The van der Waals surface area contributed by atoms with Gasteiger partial charge in [-0.05, 0) is 28.8 Å². The molecule has 0 atom stereocenters. The second kappa shape index (κ2) is 6.02. The molecule has 1 aromatic heterocycles. The zero-order valence-electron chi connectivity index (χ0n) is 11.2. The monoisotopic (exact) mass is 260 g/mol. The molecule has 2 aromatic carbocycles. The summed E-state index contributed by atoms with van der Waals surface area (Å²) >= 11 is 0. The Hall–Kier alpha value is -2.61. The van der Waals surface area contributed by atoms with Crippen molar-refractivity contribution in [2.45, 2.75) is 6.54 Å². The quantitative estimate of drug-likeness (QED) is 0.754. The van der Waals surface area contributed by atoms with E-state index < -0.39 is 0 Å². The maximum absolute atomic E-state index is 4.25. The summed E-state index contributed by atoms with van der Waals surface area (Å²) in [5.74, 6) is 0.902. The predicted molar refractivity (Wildman–Crippen MR) is 83.4 cm³/mol. The smallest absolute Gasteiger partial charge is 0.126 e. The minimum Gasteiger partial charge on any atom is -0.366 e. The molecule has 0 saturated heterocycles. The van der Waals surface area contributed by atoms with Crippen molar-refractivity contribution < 1.29 is 0 Å². The topological polar surface area (TPSA) is 24.9 Å². The van der Waals surface area contributed by atoms with E-state index in [9.17, 15) is 0 Å². The number of nitrogens with one attached hydrogen (secondary N) is 1. The molecule has 20 heavy (non-hydrogen) atoms. The van der Waals surface area contributed by atoms with E-state index in [1.807, 2.05) is 24.3 Å². The Morgan fingerprint density at radius 3 is 2.10 bits per heavy atom. The van der Waals surface area contributed by atoms with Gasteiger partial charge in [0.1, 0.15) is 5.82 Å². The van der Waals surface area contributed by atoms with Crippen molar-refractivity contribution >= 4 is 5.82 Å². The summed E-state index contributed by atoms with van der Waals surface area (Å²) in [6.07, 6.45) is 1.79. The second-order valence-electron chi connectivity index (χ2n) is 4.63. The number of hydrogen-bond acceptors (Lipinski definition) is 2. The molecule has 0 spiro atoms. The van der Waals surface area contributed by atoms with E-state index in [2.05, 4.69) is 58.8 Å². The lowest BCUT2D eigenvalue weighted by Crippen LogP contribution is -2.00. The van der Waals surface area contributed by atoms with Crippen molar-refractivity contribution in [3.63, 3.8) is 0 Å². The van der Waals surface area contributed by atoms with E-state index in [1.54, 1.807) is 6.20 Å². The molecule has 0 radical (unpaired) electrons. The molecule has 0 saturated carbocycles. The Kier molecular flexibility index (Phi) is 3.74. The van der Waals surface area contributed by atoms with Gasteiger partial charge in [-0.15, -0.1) is 0 Å². The van der Waals surface area contributed by atoms with Crippen LogP contribution in [0.25, 0.3) is 11.1 Å². The Morgan fingerprint density at radius 1 is 0.700 bits per heavy atom. The van der Waals surface area contributed by atoms with Gasteiger partial charge in [-0.1, -0.05) is 60.7 Å². The van der Waals surface area contributed by atoms with Gasteiger partial charge in [0.2, 0.25) is 0 Å². The van der Waals surface area contributed by atoms with Crippen LogP contribution in [-0.2, 0) is 6.54 Å². The third-order valence-electron chi connectivity index (χ3n) is 3.20. The molecule has 2 nitrogen and oxygen atoms in total. The summed E-state index contributed by atoms with van der Waals surface area (Å²) in [6, 6.07) is 24.9. The maximum Gasteiger partial charge on any atom is 0.126 e. The molecular weight excluding hydrogens is 244 g/mol.